The Bertz CT molecular complexity index is 1250. The molecule has 0 heterocycles. The standard InChI is InChI=1S/C28H31ClN4O3S/c1-3-33(4-2)13-14-37-19-21-8-5-9-22(15-21)27(35)31-26-12-11-23(29)17-25(26)28(36)32-30-18-20-7-6-10-24(34)16-20/h5-12,15-18,34H,3-4,13-14,19H2,1-2H3,(H,31,35)(H,32,36)/b30-18+. The summed E-state index contributed by atoms with van der Waals surface area (Å²) in [5, 5.41) is 16.7. The summed E-state index contributed by atoms with van der Waals surface area (Å²) in [6.07, 6.45) is 1.41. The number of hydrogen-bond acceptors (Lipinski definition) is 6. The Morgan fingerprint density at radius 2 is 1.81 bits per heavy atom. The van der Waals surface area contributed by atoms with Crippen LogP contribution in [0.1, 0.15) is 45.7 Å². The summed E-state index contributed by atoms with van der Waals surface area (Å²) < 4.78 is 0. The van der Waals surface area contributed by atoms with E-state index in [1.54, 1.807) is 36.4 Å². The minimum atomic E-state index is -0.535. The minimum absolute atomic E-state index is 0.0948. The Kier molecular flexibility index (Phi) is 11.0. The molecule has 37 heavy (non-hydrogen) atoms. The molecule has 0 fully saturated rings. The van der Waals surface area contributed by atoms with E-state index in [0.29, 0.717) is 21.8 Å². The van der Waals surface area contributed by atoms with Crippen molar-refractivity contribution in [3.8, 4) is 5.75 Å². The van der Waals surface area contributed by atoms with Crippen LogP contribution in [0.4, 0.5) is 5.69 Å². The molecule has 0 aliphatic rings. The molecule has 3 aromatic carbocycles. The van der Waals surface area contributed by atoms with Crippen LogP contribution in [0.5, 0.6) is 5.75 Å². The zero-order chi connectivity index (χ0) is 26.6. The van der Waals surface area contributed by atoms with Gasteiger partial charge in [-0.25, -0.2) is 5.43 Å². The molecule has 0 saturated carbocycles. The average molecular weight is 539 g/mol. The highest BCUT2D eigenvalue weighted by Gasteiger charge is 2.15. The first kappa shape index (κ1) is 28.2. The fraction of sp³-hybridized carbons (Fsp3) is 0.250. The summed E-state index contributed by atoms with van der Waals surface area (Å²) in [7, 11) is 0. The lowest BCUT2D eigenvalue weighted by molar-refractivity contribution is 0.0956. The number of thioether (sulfide) groups is 1. The van der Waals surface area contributed by atoms with Crippen LogP contribution in [0.25, 0.3) is 0 Å². The van der Waals surface area contributed by atoms with Crippen molar-refractivity contribution in [2.75, 3.05) is 30.7 Å². The lowest BCUT2D eigenvalue weighted by Crippen LogP contribution is -2.25. The molecular weight excluding hydrogens is 508 g/mol. The first-order valence-electron chi connectivity index (χ1n) is 12.0. The largest absolute Gasteiger partial charge is 0.508 e. The fourth-order valence-electron chi connectivity index (χ4n) is 3.56. The highest BCUT2D eigenvalue weighted by Crippen LogP contribution is 2.22. The number of amides is 2. The molecule has 9 heteroatoms. The summed E-state index contributed by atoms with van der Waals surface area (Å²) in [6, 6.07) is 18.6. The molecule has 0 aromatic heterocycles. The van der Waals surface area contributed by atoms with Crippen LogP contribution in [0.3, 0.4) is 0 Å². The predicted molar refractivity (Wildman–Crippen MR) is 153 cm³/mol. The van der Waals surface area contributed by atoms with Gasteiger partial charge in [0.2, 0.25) is 0 Å². The third-order valence-corrected chi connectivity index (χ3v) is 6.87. The molecular formula is C28H31ClN4O3S. The number of hydrazone groups is 1. The fourth-order valence-corrected chi connectivity index (χ4v) is 4.68. The Labute approximate surface area is 226 Å². The lowest BCUT2D eigenvalue weighted by atomic mass is 10.1. The number of phenols is 1. The molecule has 0 unspecified atom stereocenters. The van der Waals surface area contributed by atoms with Crippen LogP contribution >= 0.6 is 23.4 Å². The normalized spacial score (nSPS) is 11.1. The molecule has 0 atom stereocenters. The molecule has 3 N–H and O–H groups in total. The van der Waals surface area contributed by atoms with Crippen LogP contribution in [0.15, 0.2) is 71.8 Å². The smallest absolute Gasteiger partial charge is 0.273 e. The van der Waals surface area contributed by atoms with Crippen LogP contribution in [-0.4, -0.2) is 53.4 Å². The summed E-state index contributed by atoms with van der Waals surface area (Å²) in [5.41, 5.74) is 5.11. The SMILES string of the molecule is CCN(CC)CCSCc1cccc(C(=O)Nc2ccc(Cl)cc2C(=O)N/N=C/c2cccc(O)c2)c1. The van der Waals surface area contributed by atoms with Gasteiger partial charge in [0.05, 0.1) is 17.5 Å². The molecule has 3 aromatic rings. The number of aromatic hydroxyl groups is 1. The summed E-state index contributed by atoms with van der Waals surface area (Å²) in [4.78, 5) is 28.2. The molecule has 3 rings (SSSR count). The molecule has 0 bridgehead atoms. The molecule has 0 spiro atoms. The highest BCUT2D eigenvalue weighted by molar-refractivity contribution is 7.98. The third-order valence-electron chi connectivity index (χ3n) is 5.63. The second kappa shape index (κ2) is 14.4. The van der Waals surface area contributed by atoms with Gasteiger partial charge in [-0.2, -0.15) is 16.9 Å². The van der Waals surface area contributed by atoms with E-state index in [1.165, 1.54) is 18.3 Å². The maximum atomic E-state index is 13.0. The Morgan fingerprint density at radius 1 is 1.03 bits per heavy atom. The second-order valence-electron chi connectivity index (χ2n) is 8.22. The van der Waals surface area contributed by atoms with Crippen molar-refractivity contribution in [2.45, 2.75) is 19.6 Å². The highest BCUT2D eigenvalue weighted by atomic mass is 35.5. The molecule has 0 aliphatic carbocycles. The van der Waals surface area contributed by atoms with Crippen molar-refractivity contribution < 1.29 is 14.7 Å². The molecule has 0 saturated heterocycles. The van der Waals surface area contributed by atoms with Crippen LogP contribution in [0.2, 0.25) is 5.02 Å². The van der Waals surface area contributed by atoms with Crippen molar-refractivity contribution in [2.24, 2.45) is 5.10 Å². The number of nitrogens with zero attached hydrogens (tertiary/aromatic N) is 2. The first-order chi connectivity index (χ1) is 17.9. The summed E-state index contributed by atoms with van der Waals surface area (Å²) >= 11 is 7.95. The van der Waals surface area contributed by atoms with Crippen molar-refractivity contribution in [1.82, 2.24) is 10.3 Å². The van der Waals surface area contributed by atoms with Gasteiger partial charge in [-0.05, 0) is 66.7 Å². The zero-order valence-corrected chi connectivity index (χ0v) is 22.5. The maximum absolute atomic E-state index is 13.0. The number of halogens is 1. The molecule has 0 aliphatic heterocycles. The third kappa shape index (κ3) is 8.93. The monoisotopic (exact) mass is 538 g/mol. The van der Waals surface area contributed by atoms with E-state index in [1.807, 2.05) is 30.0 Å². The average Bonchev–Trinajstić information content (AvgIpc) is 2.90. The Morgan fingerprint density at radius 3 is 2.57 bits per heavy atom. The number of phenolic OH excluding ortho intramolecular Hbond substituents is 1. The van der Waals surface area contributed by atoms with E-state index in [2.05, 4.69) is 34.6 Å². The van der Waals surface area contributed by atoms with E-state index >= 15 is 0 Å². The number of carbonyl (C=O) groups excluding carboxylic acids is 2. The van der Waals surface area contributed by atoms with Gasteiger partial charge in [-0.3, -0.25) is 9.59 Å². The molecule has 7 nitrogen and oxygen atoms in total. The van der Waals surface area contributed by atoms with Crippen LogP contribution in [-0.2, 0) is 5.75 Å². The van der Waals surface area contributed by atoms with Gasteiger partial charge in [-0.15, -0.1) is 0 Å². The predicted octanol–water partition coefficient (Wildman–Crippen LogP) is 5.64. The van der Waals surface area contributed by atoms with Crippen molar-refractivity contribution in [3.63, 3.8) is 0 Å². The van der Waals surface area contributed by atoms with Gasteiger partial charge in [0, 0.05) is 28.6 Å². The van der Waals surface area contributed by atoms with Gasteiger partial charge < -0.3 is 15.3 Å². The van der Waals surface area contributed by atoms with E-state index in [9.17, 15) is 14.7 Å². The Balaban J connectivity index is 1.64. The summed E-state index contributed by atoms with van der Waals surface area (Å²) in [6.45, 7) is 7.45. The number of carbonyl (C=O) groups is 2. The quantitative estimate of drug-likeness (QED) is 0.158. The number of anilines is 1. The van der Waals surface area contributed by atoms with Crippen molar-refractivity contribution >= 4 is 47.1 Å². The second-order valence-corrected chi connectivity index (χ2v) is 9.76. The van der Waals surface area contributed by atoms with Crippen molar-refractivity contribution in [1.29, 1.82) is 0 Å². The maximum Gasteiger partial charge on any atom is 0.273 e. The van der Waals surface area contributed by atoms with Gasteiger partial charge in [0.15, 0.2) is 0 Å². The molecule has 0 radical (unpaired) electrons. The van der Waals surface area contributed by atoms with Crippen LogP contribution in [0, 0.1) is 0 Å². The van der Waals surface area contributed by atoms with Crippen LogP contribution < -0.4 is 10.7 Å². The minimum Gasteiger partial charge on any atom is -0.508 e. The lowest BCUT2D eigenvalue weighted by Gasteiger charge is -2.17. The Hall–Kier alpha value is -3.33. The number of nitrogens with one attached hydrogen (secondary N) is 2. The molecule has 194 valence electrons. The zero-order valence-electron chi connectivity index (χ0n) is 20.9. The van der Waals surface area contributed by atoms with Crippen molar-refractivity contribution in [3.05, 3.63) is 94.0 Å². The number of rotatable bonds is 12. The van der Waals surface area contributed by atoms with Gasteiger partial charge in [0.1, 0.15) is 5.75 Å². The topological polar surface area (TPSA) is 94.0 Å². The number of hydrogen-bond donors (Lipinski definition) is 3. The van der Waals surface area contributed by atoms with E-state index in [0.717, 1.165) is 36.7 Å². The number of benzene rings is 3. The summed E-state index contributed by atoms with van der Waals surface area (Å²) in [5.74, 6) is 1.07. The van der Waals surface area contributed by atoms with Gasteiger partial charge in [0.25, 0.3) is 11.8 Å². The van der Waals surface area contributed by atoms with Gasteiger partial charge in [-0.1, -0.05) is 49.7 Å². The first-order valence-corrected chi connectivity index (χ1v) is 13.5. The van der Waals surface area contributed by atoms with E-state index in [4.69, 9.17) is 11.6 Å². The van der Waals surface area contributed by atoms with E-state index in [-0.39, 0.29) is 17.2 Å². The van der Waals surface area contributed by atoms with Gasteiger partial charge >= 0.3 is 0 Å². The molecule has 2 amide bonds. The van der Waals surface area contributed by atoms with E-state index < -0.39 is 5.91 Å².